The Bertz CT molecular complexity index is 492. The van der Waals surface area contributed by atoms with Gasteiger partial charge in [-0.2, -0.15) is 0 Å². The van der Waals surface area contributed by atoms with Crippen molar-refractivity contribution in [2.75, 3.05) is 26.2 Å². The zero-order valence-electron chi connectivity index (χ0n) is 14.2. The van der Waals surface area contributed by atoms with Crippen LogP contribution in [0.5, 0.6) is 5.75 Å². The molecule has 23 heavy (non-hydrogen) atoms. The van der Waals surface area contributed by atoms with Crippen LogP contribution in [0.1, 0.15) is 49.9 Å². The maximum absolute atomic E-state index is 12.5. The summed E-state index contributed by atoms with van der Waals surface area (Å²) in [5.41, 5.74) is 6.59. The number of ether oxygens (including phenoxy) is 1. The van der Waals surface area contributed by atoms with E-state index in [1.807, 2.05) is 29.2 Å². The Hall–Kier alpha value is -1.26. The second-order valence-electron chi connectivity index (χ2n) is 6.57. The van der Waals surface area contributed by atoms with Gasteiger partial charge in [0.05, 0.1) is 6.61 Å². The summed E-state index contributed by atoms with van der Waals surface area (Å²) >= 11 is 0. The van der Waals surface area contributed by atoms with Crippen LogP contribution in [0.2, 0.25) is 0 Å². The Balaban J connectivity index is 0.00000264. The third-order valence-electron chi connectivity index (χ3n) is 4.46. The quantitative estimate of drug-likeness (QED) is 0.773. The lowest BCUT2D eigenvalue weighted by Crippen LogP contribution is -2.34. The Kier molecular flexibility index (Phi) is 7.86. The molecule has 1 aliphatic heterocycles. The molecular formula is C18H29ClN2O2. The first kappa shape index (κ1) is 19.8. The summed E-state index contributed by atoms with van der Waals surface area (Å²) in [6, 6.07) is 7.49. The van der Waals surface area contributed by atoms with Crippen molar-refractivity contribution in [2.24, 2.45) is 11.1 Å². The molecule has 0 spiro atoms. The van der Waals surface area contributed by atoms with Gasteiger partial charge in [0.25, 0.3) is 5.91 Å². The molecule has 2 rings (SSSR count). The van der Waals surface area contributed by atoms with E-state index in [1.165, 1.54) is 12.8 Å². The molecule has 1 amide bonds. The standard InChI is InChI=1S/C18H28N2O2.ClH/c1-3-4-5-12-22-16-8-6-15(7-9-16)17(21)20-11-10-18(2,13-19)14-20;/h6-9H,3-5,10-14,19H2,1-2H3;1H. The van der Waals surface area contributed by atoms with Crippen LogP contribution in [0.4, 0.5) is 0 Å². The number of hydrogen-bond donors (Lipinski definition) is 1. The van der Waals surface area contributed by atoms with Crippen LogP contribution < -0.4 is 10.5 Å². The van der Waals surface area contributed by atoms with Crippen molar-refractivity contribution in [2.45, 2.75) is 39.5 Å². The Morgan fingerprint density at radius 3 is 2.57 bits per heavy atom. The highest BCUT2D eigenvalue weighted by Crippen LogP contribution is 2.29. The van der Waals surface area contributed by atoms with Crippen LogP contribution in [-0.4, -0.2) is 37.0 Å². The molecular weight excluding hydrogens is 312 g/mol. The molecule has 5 heteroatoms. The minimum absolute atomic E-state index is 0. The zero-order chi connectivity index (χ0) is 16.0. The van der Waals surface area contributed by atoms with E-state index in [4.69, 9.17) is 10.5 Å². The first-order valence-electron chi connectivity index (χ1n) is 8.30. The van der Waals surface area contributed by atoms with E-state index in [1.54, 1.807) is 0 Å². The van der Waals surface area contributed by atoms with Crippen LogP contribution in [-0.2, 0) is 0 Å². The van der Waals surface area contributed by atoms with Crippen molar-refractivity contribution in [1.29, 1.82) is 0 Å². The minimum atomic E-state index is 0. The van der Waals surface area contributed by atoms with E-state index in [-0.39, 0.29) is 23.7 Å². The summed E-state index contributed by atoms with van der Waals surface area (Å²) in [6.07, 6.45) is 4.43. The number of amides is 1. The number of nitrogens with two attached hydrogens (primary N) is 1. The van der Waals surface area contributed by atoms with Crippen LogP contribution >= 0.6 is 12.4 Å². The normalized spacial score (nSPS) is 20.2. The molecule has 0 aromatic heterocycles. The number of carbonyl (C=O) groups is 1. The highest BCUT2D eigenvalue weighted by molar-refractivity contribution is 5.94. The number of hydrogen-bond acceptors (Lipinski definition) is 3. The Labute approximate surface area is 145 Å². The van der Waals surface area contributed by atoms with Crippen LogP contribution in [0.15, 0.2) is 24.3 Å². The summed E-state index contributed by atoms with van der Waals surface area (Å²) in [4.78, 5) is 14.4. The highest BCUT2D eigenvalue weighted by atomic mass is 35.5. The fourth-order valence-electron chi connectivity index (χ4n) is 2.78. The highest BCUT2D eigenvalue weighted by Gasteiger charge is 2.35. The molecule has 1 fully saturated rings. The number of likely N-dealkylation sites (tertiary alicyclic amines) is 1. The molecule has 0 saturated carbocycles. The molecule has 1 atom stereocenters. The molecule has 2 N–H and O–H groups in total. The van der Waals surface area contributed by atoms with Crippen molar-refractivity contribution < 1.29 is 9.53 Å². The average Bonchev–Trinajstić information content (AvgIpc) is 2.95. The van der Waals surface area contributed by atoms with Crippen molar-refractivity contribution >= 4 is 18.3 Å². The van der Waals surface area contributed by atoms with Gasteiger partial charge in [0.15, 0.2) is 0 Å². The van der Waals surface area contributed by atoms with E-state index < -0.39 is 0 Å². The van der Waals surface area contributed by atoms with Gasteiger partial charge < -0.3 is 15.4 Å². The van der Waals surface area contributed by atoms with E-state index >= 15 is 0 Å². The predicted molar refractivity (Wildman–Crippen MR) is 96.4 cm³/mol. The molecule has 1 unspecified atom stereocenters. The molecule has 1 aromatic carbocycles. The molecule has 0 bridgehead atoms. The van der Waals surface area contributed by atoms with E-state index in [9.17, 15) is 4.79 Å². The lowest BCUT2D eigenvalue weighted by Gasteiger charge is -2.22. The van der Waals surface area contributed by atoms with Crippen molar-refractivity contribution in [3.05, 3.63) is 29.8 Å². The minimum Gasteiger partial charge on any atom is -0.494 e. The lowest BCUT2D eigenvalue weighted by molar-refractivity contribution is 0.0777. The molecule has 0 aliphatic carbocycles. The van der Waals surface area contributed by atoms with Crippen molar-refractivity contribution in [1.82, 2.24) is 4.90 Å². The number of unbranched alkanes of at least 4 members (excludes halogenated alkanes) is 2. The van der Waals surface area contributed by atoms with Crippen LogP contribution in [0.25, 0.3) is 0 Å². The monoisotopic (exact) mass is 340 g/mol. The lowest BCUT2D eigenvalue weighted by atomic mass is 9.90. The van der Waals surface area contributed by atoms with Crippen LogP contribution in [0, 0.1) is 5.41 Å². The Morgan fingerprint density at radius 1 is 1.30 bits per heavy atom. The maximum atomic E-state index is 12.5. The number of benzene rings is 1. The van der Waals surface area contributed by atoms with Gasteiger partial charge in [0.1, 0.15) is 5.75 Å². The topological polar surface area (TPSA) is 55.6 Å². The first-order chi connectivity index (χ1) is 10.6. The second-order valence-corrected chi connectivity index (χ2v) is 6.57. The van der Waals surface area contributed by atoms with Gasteiger partial charge >= 0.3 is 0 Å². The summed E-state index contributed by atoms with van der Waals surface area (Å²) in [5.74, 6) is 0.926. The zero-order valence-corrected chi connectivity index (χ0v) is 15.0. The summed E-state index contributed by atoms with van der Waals surface area (Å²) in [7, 11) is 0. The summed E-state index contributed by atoms with van der Waals surface area (Å²) < 4.78 is 5.68. The number of carbonyl (C=O) groups excluding carboxylic acids is 1. The van der Waals surface area contributed by atoms with E-state index in [0.717, 1.165) is 43.9 Å². The van der Waals surface area contributed by atoms with E-state index in [0.29, 0.717) is 6.54 Å². The average molecular weight is 341 g/mol. The van der Waals surface area contributed by atoms with E-state index in [2.05, 4.69) is 13.8 Å². The molecule has 1 aliphatic rings. The third-order valence-corrected chi connectivity index (χ3v) is 4.46. The predicted octanol–water partition coefficient (Wildman–Crippen LogP) is 3.49. The van der Waals surface area contributed by atoms with Gasteiger partial charge in [-0.3, -0.25) is 4.79 Å². The molecule has 1 saturated heterocycles. The molecule has 4 nitrogen and oxygen atoms in total. The smallest absolute Gasteiger partial charge is 0.253 e. The largest absolute Gasteiger partial charge is 0.494 e. The molecule has 1 aromatic rings. The third kappa shape index (κ3) is 5.40. The summed E-state index contributed by atoms with van der Waals surface area (Å²) in [5, 5.41) is 0. The molecule has 1 heterocycles. The number of nitrogens with zero attached hydrogens (tertiary/aromatic N) is 1. The van der Waals surface area contributed by atoms with Crippen molar-refractivity contribution in [3.63, 3.8) is 0 Å². The SMILES string of the molecule is CCCCCOc1ccc(C(=O)N2CCC(C)(CN)C2)cc1.Cl. The molecule has 130 valence electrons. The Morgan fingerprint density at radius 2 is 2.00 bits per heavy atom. The summed E-state index contributed by atoms with van der Waals surface area (Å²) in [6.45, 7) is 7.23. The van der Waals surface area contributed by atoms with Crippen molar-refractivity contribution in [3.8, 4) is 5.75 Å². The number of halogens is 1. The fraction of sp³-hybridized carbons (Fsp3) is 0.611. The van der Waals surface area contributed by atoms with Gasteiger partial charge in [0.2, 0.25) is 0 Å². The molecule has 0 radical (unpaired) electrons. The van der Waals surface area contributed by atoms with Crippen LogP contribution in [0.3, 0.4) is 0 Å². The van der Waals surface area contributed by atoms with Gasteiger partial charge in [-0.1, -0.05) is 26.7 Å². The maximum Gasteiger partial charge on any atom is 0.253 e. The van der Waals surface area contributed by atoms with Gasteiger partial charge in [0, 0.05) is 18.7 Å². The van der Waals surface area contributed by atoms with Gasteiger partial charge in [-0.15, -0.1) is 12.4 Å². The number of rotatable bonds is 7. The van der Waals surface area contributed by atoms with Gasteiger partial charge in [-0.05, 0) is 49.1 Å². The first-order valence-corrected chi connectivity index (χ1v) is 8.30. The fourth-order valence-corrected chi connectivity index (χ4v) is 2.78. The van der Waals surface area contributed by atoms with Gasteiger partial charge in [-0.25, -0.2) is 0 Å². The second kappa shape index (κ2) is 9.14.